The van der Waals surface area contributed by atoms with Gasteiger partial charge in [-0.3, -0.25) is 0 Å². The zero-order valence-electron chi connectivity index (χ0n) is 32.5. The molecule has 0 aliphatic carbocycles. The van der Waals surface area contributed by atoms with Crippen LogP contribution in [-0.2, 0) is 0 Å². The van der Waals surface area contributed by atoms with Gasteiger partial charge in [0.2, 0.25) is 0 Å². The molecule has 0 atom stereocenters. The van der Waals surface area contributed by atoms with Gasteiger partial charge in [0.25, 0.3) is 0 Å². The maximum Gasteiger partial charge on any atom is 0.172 e. The lowest BCUT2D eigenvalue weighted by atomic mass is 10.0. The molecular formula is C56H36N2O2. The molecule has 1 heterocycles. The normalized spacial score (nSPS) is 11.9. The molecule has 0 saturated carbocycles. The van der Waals surface area contributed by atoms with Crippen molar-refractivity contribution in [2.75, 3.05) is 9.80 Å². The Labute approximate surface area is 347 Å². The lowest BCUT2D eigenvalue weighted by Crippen LogP contribution is -2.11. The summed E-state index contributed by atoms with van der Waals surface area (Å²) >= 11 is 0. The molecule has 0 N–H and O–H groups in total. The molecule has 0 spiro atoms. The Bertz CT molecular complexity index is 3300. The molecule has 0 saturated heterocycles. The standard InChI is InChI=1S/C56H36N2O2/c1-5-22-42-37(14-1)18-9-27-47(42)57(48-28-10-19-38-15-2-6-23-43(38)48)41-32-34-52-55(36-41)60-53-31-13-26-46-51(33-35-54(59-52)56(46)53)58(49-29-11-20-39-16-3-7-24-44(39)49)50-30-12-21-40-17-4-8-25-45(40)50/h1-36H. The first-order chi connectivity index (χ1) is 29.8. The van der Waals surface area contributed by atoms with Gasteiger partial charge in [0.1, 0.15) is 11.5 Å². The Morgan fingerprint density at radius 3 is 1.13 bits per heavy atom. The maximum absolute atomic E-state index is 7.03. The van der Waals surface area contributed by atoms with E-state index < -0.39 is 0 Å². The van der Waals surface area contributed by atoms with Gasteiger partial charge in [0.05, 0.1) is 39.5 Å². The molecule has 60 heavy (non-hydrogen) atoms. The first-order valence-electron chi connectivity index (χ1n) is 20.3. The lowest BCUT2D eigenvalue weighted by Gasteiger charge is -2.29. The number of anilines is 6. The molecule has 4 nitrogen and oxygen atoms in total. The fourth-order valence-corrected chi connectivity index (χ4v) is 9.14. The van der Waals surface area contributed by atoms with Gasteiger partial charge in [0.15, 0.2) is 11.5 Å². The van der Waals surface area contributed by atoms with Crippen LogP contribution in [0.25, 0.3) is 53.9 Å². The lowest BCUT2D eigenvalue weighted by molar-refractivity contribution is 0.439. The van der Waals surface area contributed by atoms with Crippen molar-refractivity contribution >= 4 is 88.0 Å². The van der Waals surface area contributed by atoms with Crippen LogP contribution >= 0.6 is 0 Å². The van der Waals surface area contributed by atoms with Gasteiger partial charge in [-0.15, -0.1) is 0 Å². The van der Waals surface area contributed by atoms with Gasteiger partial charge in [-0.1, -0.05) is 158 Å². The minimum absolute atomic E-state index is 0.642. The predicted molar refractivity (Wildman–Crippen MR) is 250 cm³/mol. The third-order valence-electron chi connectivity index (χ3n) is 11.8. The molecular weight excluding hydrogens is 733 g/mol. The molecule has 1 aliphatic heterocycles. The molecule has 12 rings (SSSR count). The topological polar surface area (TPSA) is 24.9 Å². The largest absolute Gasteiger partial charge is 0.453 e. The fraction of sp³-hybridized carbons (Fsp3) is 0. The average Bonchev–Trinajstić information content (AvgIpc) is 3.47. The zero-order chi connectivity index (χ0) is 39.6. The molecule has 0 amide bonds. The second-order valence-electron chi connectivity index (χ2n) is 15.3. The van der Waals surface area contributed by atoms with E-state index in [0.29, 0.717) is 11.5 Å². The Morgan fingerprint density at radius 2 is 0.617 bits per heavy atom. The van der Waals surface area contributed by atoms with Crippen LogP contribution < -0.4 is 19.3 Å². The van der Waals surface area contributed by atoms with Crippen LogP contribution in [0.2, 0.25) is 0 Å². The van der Waals surface area contributed by atoms with E-state index in [1.54, 1.807) is 0 Å². The summed E-state index contributed by atoms with van der Waals surface area (Å²) in [6.45, 7) is 0. The van der Waals surface area contributed by atoms with Crippen molar-refractivity contribution < 1.29 is 9.47 Å². The third-order valence-corrected chi connectivity index (χ3v) is 11.8. The Hall–Kier alpha value is -8.08. The molecule has 4 heteroatoms. The Balaban J connectivity index is 1.04. The highest BCUT2D eigenvalue weighted by Crippen LogP contribution is 2.53. The minimum atomic E-state index is 0.642. The summed E-state index contributed by atoms with van der Waals surface area (Å²) in [5.74, 6) is 2.77. The van der Waals surface area contributed by atoms with E-state index >= 15 is 0 Å². The summed E-state index contributed by atoms with van der Waals surface area (Å²) in [5.41, 5.74) is 6.33. The van der Waals surface area contributed by atoms with E-state index in [-0.39, 0.29) is 0 Å². The van der Waals surface area contributed by atoms with Crippen LogP contribution in [0.5, 0.6) is 23.0 Å². The number of nitrogens with zero attached hydrogens (tertiary/aromatic N) is 2. The van der Waals surface area contributed by atoms with Crippen molar-refractivity contribution in [2.45, 2.75) is 0 Å². The second kappa shape index (κ2) is 13.8. The molecule has 0 fully saturated rings. The van der Waals surface area contributed by atoms with Gasteiger partial charge in [-0.05, 0) is 76.1 Å². The highest BCUT2D eigenvalue weighted by molar-refractivity contribution is 6.12. The van der Waals surface area contributed by atoms with Crippen molar-refractivity contribution in [3.05, 3.63) is 218 Å². The summed E-state index contributed by atoms with van der Waals surface area (Å²) in [7, 11) is 0. The van der Waals surface area contributed by atoms with Crippen molar-refractivity contribution in [2.24, 2.45) is 0 Å². The summed E-state index contributed by atoms with van der Waals surface area (Å²) < 4.78 is 13.9. The number of fused-ring (bicyclic) bond motifs is 5. The highest BCUT2D eigenvalue weighted by Gasteiger charge is 2.26. The van der Waals surface area contributed by atoms with Gasteiger partial charge >= 0.3 is 0 Å². The molecule has 0 unspecified atom stereocenters. The molecule has 11 aromatic rings. The van der Waals surface area contributed by atoms with E-state index in [2.05, 4.69) is 216 Å². The molecule has 0 aromatic heterocycles. The summed E-state index contributed by atoms with van der Waals surface area (Å²) in [6, 6.07) is 77.3. The van der Waals surface area contributed by atoms with Crippen molar-refractivity contribution in [3.63, 3.8) is 0 Å². The first kappa shape index (κ1) is 34.0. The Kier molecular flexibility index (Phi) is 7.82. The smallest absolute Gasteiger partial charge is 0.172 e. The van der Waals surface area contributed by atoms with E-state index in [0.717, 1.165) is 67.2 Å². The predicted octanol–water partition coefficient (Wildman–Crippen LogP) is 16.3. The van der Waals surface area contributed by atoms with Gasteiger partial charge < -0.3 is 19.3 Å². The average molecular weight is 769 g/mol. The van der Waals surface area contributed by atoms with E-state index in [9.17, 15) is 0 Å². The summed E-state index contributed by atoms with van der Waals surface area (Å²) in [6.07, 6.45) is 0. The SMILES string of the molecule is c1ccc2c(N(c3ccc4c(c3)Oc3cccc5c(N(c6cccc7ccccc67)c6cccc7ccccc67)ccc(c35)O4)c3cccc4ccccc34)cccc2c1. The molecule has 11 aromatic carbocycles. The fourth-order valence-electron chi connectivity index (χ4n) is 9.14. The molecule has 1 aliphatic rings. The molecule has 0 radical (unpaired) electrons. The van der Waals surface area contributed by atoms with E-state index in [1.165, 1.54) is 32.3 Å². The van der Waals surface area contributed by atoms with Crippen LogP contribution in [0.1, 0.15) is 0 Å². The summed E-state index contributed by atoms with van der Waals surface area (Å²) in [5, 5.41) is 11.3. The van der Waals surface area contributed by atoms with Crippen LogP contribution in [0.4, 0.5) is 34.1 Å². The second-order valence-corrected chi connectivity index (χ2v) is 15.3. The van der Waals surface area contributed by atoms with Crippen LogP contribution in [0, 0.1) is 0 Å². The van der Waals surface area contributed by atoms with Crippen molar-refractivity contribution in [3.8, 4) is 23.0 Å². The maximum atomic E-state index is 7.03. The Morgan fingerprint density at radius 1 is 0.250 bits per heavy atom. The minimum Gasteiger partial charge on any atom is -0.453 e. The monoisotopic (exact) mass is 768 g/mol. The number of ether oxygens (including phenoxy) is 2. The summed E-state index contributed by atoms with van der Waals surface area (Å²) in [4.78, 5) is 4.74. The van der Waals surface area contributed by atoms with Crippen molar-refractivity contribution in [1.29, 1.82) is 0 Å². The number of hydrogen-bond donors (Lipinski definition) is 0. The molecule has 0 bridgehead atoms. The quantitative estimate of drug-likeness (QED) is 0.168. The highest BCUT2D eigenvalue weighted by atomic mass is 16.5. The van der Waals surface area contributed by atoms with Crippen LogP contribution in [-0.4, -0.2) is 0 Å². The number of rotatable bonds is 6. The van der Waals surface area contributed by atoms with Gasteiger partial charge in [-0.25, -0.2) is 0 Å². The van der Waals surface area contributed by atoms with Crippen molar-refractivity contribution in [1.82, 2.24) is 0 Å². The number of hydrogen-bond acceptors (Lipinski definition) is 4. The third kappa shape index (κ3) is 5.46. The number of benzene rings is 11. The molecule has 282 valence electrons. The van der Waals surface area contributed by atoms with Gasteiger partial charge in [-0.2, -0.15) is 0 Å². The zero-order valence-corrected chi connectivity index (χ0v) is 32.5. The van der Waals surface area contributed by atoms with Crippen LogP contribution in [0.15, 0.2) is 218 Å². The van der Waals surface area contributed by atoms with E-state index in [1.807, 2.05) is 12.1 Å². The van der Waals surface area contributed by atoms with Crippen LogP contribution in [0.3, 0.4) is 0 Å². The van der Waals surface area contributed by atoms with E-state index in [4.69, 9.17) is 9.47 Å². The van der Waals surface area contributed by atoms with Gasteiger partial charge in [0, 0.05) is 33.0 Å². The first-order valence-corrected chi connectivity index (χ1v) is 20.3.